The molecule has 0 aliphatic heterocycles. The molecule has 1 atom stereocenters. The fourth-order valence-corrected chi connectivity index (χ4v) is 3.23. The number of benzene rings is 2. The van der Waals surface area contributed by atoms with Crippen molar-refractivity contribution in [1.82, 2.24) is 14.9 Å². The van der Waals surface area contributed by atoms with Crippen LogP contribution < -0.4 is 5.32 Å². The molecule has 1 aromatic heterocycles. The summed E-state index contributed by atoms with van der Waals surface area (Å²) in [6, 6.07) is 14.3. The molecule has 3 aromatic rings. The van der Waals surface area contributed by atoms with Gasteiger partial charge < -0.3 is 5.32 Å². The third-order valence-electron chi connectivity index (χ3n) is 3.73. The van der Waals surface area contributed by atoms with Gasteiger partial charge in [-0.2, -0.15) is 0 Å². The van der Waals surface area contributed by atoms with Crippen molar-refractivity contribution in [3.05, 3.63) is 58.6 Å². The first-order valence-corrected chi connectivity index (χ1v) is 8.07. The lowest BCUT2D eigenvalue weighted by Crippen LogP contribution is -2.26. The number of rotatable bonds is 4. The fraction of sp³-hybridized carbons (Fsp3) is 0.235. The molecule has 1 N–H and O–H groups in total. The Bertz CT molecular complexity index is 807. The average Bonchev–Trinajstić information content (AvgIpc) is 3.03. The molecule has 4 nitrogen and oxygen atoms in total. The highest BCUT2D eigenvalue weighted by molar-refractivity contribution is 7.08. The highest BCUT2D eigenvalue weighted by Crippen LogP contribution is 2.24. The van der Waals surface area contributed by atoms with E-state index in [0.717, 1.165) is 28.2 Å². The number of carbonyl (C=O) groups is 1. The van der Waals surface area contributed by atoms with Crippen molar-refractivity contribution in [3.8, 4) is 0 Å². The Hall–Kier alpha value is -2.27. The zero-order chi connectivity index (χ0) is 15.5. The summed E-state index contributed by atoms with van der Waals surface area (Å²) in [7, 11) is 0. The molecule has 0 aliphatic carbocycles. The second-order valence-electron chi connectivity index (χ2n) is 5.17. The Labute approximate surface area is 133 Å². The second kappa shape index (κ2) is 6.23. The average molecular weight is 311 g/mol. The highest BCUT2D eigenvalue weighted by Gasteiger charge is 2.18. The van der Waals surface area contributed by atoms with Crippen molar-refractivity contribution >= 4 is 28.2 Å². The molecule has 22 heavy (non-hydrogen) atoms. The van der Waals surface area contributed by atoms with Gasteiger partial charge in [-0.1, -0.05) is 53.9 Å². The summed E-state index contributed by atoms with van der Waals surface area (Å²) < 4.78 is 3.87. The molecule has 0 spiro atoms. The highest BCUT2D eigenvalue weighted by atomic mass is 32.1. The van der Waals surface area contributed by atoms with Gasteiger partial charge in [0.1, 0.15) is 4.88 Å². The maximum atomic E-state index is 12.4. The number of aromatic nitrogens is 2. The maximum Gasteiger partial charge on any atom is 0.265 e. The Kier molecular flexibility index (Phi) is 4.15. The first-order chi connectivity index (χ1) is 10.7. The van der Waals surface area contributed by atoms with E-state index in [9.17, 15) is 4.79 Å². The van der Waals surface area contributed by atoms with E-state index in [1.165, 1.54) is 5.39 Å². The van der Waals surface area contributed by atoms with Gasteiger partial charge in [-0.15, -0.1) is 5.10 Å². The molecular formula is C17H17N3OS. The van der Waals surface area contributed by atoms with Gasteiger partial charge in [-0.3, -0.25) is 4.79 Å². The van der Waals surface area contributed by atoms with Gasteiger partial charge >= 0.3 is 0 Å². The molecule has 0 saturated carbocycles. The van der Waals surface area contributed by atoms with E-state index in [0.29, 0.717) is 11.3 Å². The van der Waals surface area contributed by atoms with Crippen LogP contribution in [0.5, 0.6) is 0 Å². The number of hydrogen-bond donors (Lipinski definition) is 1. The number of nitrogens with one attached hydrogen (secondary N) is 1. The van der Waals surface area contributed by atoms with Crippen LogP contribution in [-0.2, 0) is 6.42 Å². The minimum absolute atomic E-state index is 0.0783. The van der Waals surface area contributed by atoms with Gasteiger partial charge in [-0.25, -0.2) is 0 Å². The number of amides is 1. The number of hydrogen-bond acceptors (Lipinski definition) is 4. The normalized spacial score (nSPS) is 12.3. The molecule has 0 unspecified atom stereocenters. The Morgan fingerprint density at radius 2 is 2.00 bits per heavy atom. The van der Waals surface area contributed by atoms with E-state index in [-0.39, 0.29) is 11.9 Å². The first kappa shape index (κ1) is 14.7. The van der Waals surface area contributed by atoms with Crippen LogP contribution in [0, 0.1) is 0 Å². The van der Waals surface area contributed by atoms with Crippen LogP contribution in [0.2, 0.25) is 0 Å². The van der Waals surface area contributed by atoms with Gasteiger partial charge in [-0.05, 0) is 41.2 Å². The van der Waals surface area contributed by atoms with Crippen LogP contribution in [0.3, 0.4) is 0 Å². The number of aryl methyl sites for hydroxylation is 1. The van der Waals surface area contributed by atoms with Crippen LogP contribution in [0.15, 0.2) is 42.5 Å². The molecule has 0 saturated heterocycles. The third kappa shape index (κ3) is 2.72. The molecule has 3 rings (SSSR count). The van der Waals surface area contributed by atoms with E-state index < -0.39 is 0 Å². The SMILES string of the molecule is CCc1nnsc1C(=O)N[C@H](C)c1cccc2ccccc12. The van der Waals surface area contributed by atoms with Gasteiger partial charge in [0, 0.05) is 0 Å². The zero-order valence-electron chi connectivity index (χ0n) is 12.5. The van der Waals surface area contributed by atoms with Crippen molar-refractivity contribution in [1.29, 1.82) is 0 Å². The van der Waals surface area contributed by atoms with Crippen molar-refractivity contribution < 1.29 is 4.79 Å². The first-order valence-electron chi connectivity index (χ1n) is 7.30. The molecule has 0 bridgehead atoms. The van der Waals surface area contributed by atoms with Crippen LogP contribution in [0.1, 0.15) is 40.8 Å². The minimum Gasteiger partial charge on any atom is -0.345 e. The van der Waals surface area contributed by atoms with E-state index in [2.05, 4.69) is 39.2 Å². The predicted molar refractivity (Wildman–Crippen MR) is 89.1 cm³/mol. The molecule has 112 valence electrons. The van der Waals surface area contributed by atoms with Crippen LogP contribution >= 0.6 is 11.5 Å². The van der Waals surface area contributed by atoms with Crippen LogP contribution in [0.4, 0.5) is 0 Å². The van der Waals surface area contributed by atoms with Crippen molar-refractivity contribution in [3.63, 3.8) is 0 Å². The van der Waals surface area contributed by atoms with Crippen LogP contribution in [0.25, 0.3) is 10.8 Å². The van der Waals surface area contributed by atoms with Crippen molar-refractivity contribution in [2.45, 2.75) is 26.3 Å². The summed E-state index contributed by atoms with van der Waals surface area (Å²) in [5.41, 5.74) is 1.87. The van der Waals surface area contributed by atoms with Gasteiger partial charge in [0.2, 0.25) is 0 Å². The summed E-state index contributed by atoms with van der Waals surface area (Å²) in [6.07, 6.45) is 0.710. The van der Waals surface area contributed by atoms with Crippen molar-refractivity contribution in [2.75, 3.05) is 0 Å². The topological polar surface area (TPSA) is 54.9 Å². The van der Waals surface area contributed by atoms with Gasteiger partial charge in [0.25, 0.3) is 5.91 Å². The van der Waals surface area contributed by atoms with E-state index in [4.69, 9.17) is 0 Å². The minimum atomic E-state index is -0.104. The van der Waals surface area contributed by atoms with Gasteiger partial charge in [0.05, 0.1) is 11.7 Å². The Morgan fingerprint density at radius 3 is 2.82 bits per heavy atom. The summed E-state index contributed by atoms with van der Waals surface area (Å²) in [5.74, 6) is -0.104. The van der Waals surface area contributed by atoms with Crippen molar-refractivity contribution in [2.24, 2.45) is 0 Å². The predicted octanol–water partition coefficient (Wildman–Crippen LogP) is 3.74. The number of fused-ring (bicyclic) bond motifs is 1. The molecule has 2 aromatic carbocycles. The summed E-state index contributed by atoms with van der Waals surface area (Å²) >= 11 is 1.15. The molecule has 0 aliphatic rings. The quantitative estimate of drug-likeness (QED) is 0.798. The van der Waals surface area contributed by atoms with Crippen LogP contribution in [-0.4, -0.2) is 15.5 Å². The standard InChI is InChI=1S/C17H17N3OS/c1-3-15-16(22-20-19-15)17(21)18-11(2)13-10-6-8-12-7-4-5-9-14(12)13/h4-11H,3H2,1-2H3,(H,18,21)/t11-/m1/s1. The molecule has 1 heterocycles. The number of carbonyl (C=O) groups excluding carboxylic acids is 1. The Morgan fingerprint density at radius 1 is 1.23 bits per heavy atom. The molecule has 1 amide bonds. The molecular weight excluding hydrogens is 294 g/mol. The van der Waals surface area contributed by atoms with Gasteiger partial charge in [0.15, 0.2) is 0 Å². The Balaban J connectivity index is 1.87. The molecule has 0 fully saturated rings. The third-order valence-corrected chi connectivity index (χ3v) is 4.50. The van der Waals surface area contributed by atoms with E-state index in [1.807, 2.05) is 32.0 Å². The summed E-state index contributed by atoms with van der Waals surface area (Å²) in [4.78, 5) is 13.0. The largest absolute Gasteiger partial charge is 0.345 e. The zero-order valence-corrected chi connectivity index (χ0v) is 13.4. The summed E-state index contributed by atoms with van der Waals surface area (Å²) in [5, 5.41) is 9.39. The van der Waals surface area contributed by atoms with E-state index in [1.54, 1.807) is 0 Å². The monoisotopic (exact) mass is 311 g/mol. The van der Waals surface area contributed by atoms with E-state index >= 15 is 0 Å². The fourth-order valence-electron chi connectivity index (χ4n) is 2.58. The molecule has 0 radical (unpaired) electrons. The second-order valence-corrected chi connectivity index (χ2v) is 5.92. The number of nitrogens with zero attached hydrogens (tertiary/aromatic N) is 2. The smallest absolute Gasteiger partial charge is 0.265 e. The lowest BCUT2D eigenvalue weighted by Gasteiger charge is -2.16. The lowest BCUT2D eigenvalue weighted by molar-refractivity contribution is 0.0943. The molecule has 5 heteroatoms. The maximum absolute atomic E-state index is 12.4. The summed E-state index contributed by atoms with van der Waals surface area (Å²) in [6.45, 7) is 3.97. The lowest BCUT2D eigenvalue weighted by atomic mass is 9.99.